The van der Waals surface area contributed by atoms with Crippen LogP contribution in [0.4, 0.5) is 0 Å². The van der Waals surface area contributed by atoms with Gasteiger partial charge in [-0.2, -0.15) is 0 Å². The van der Waals surface area contributed by atoms with Crippen LogP contribution in [-0.2, 0) is 15.9 Å². The molecule has 0 saturated carbocycles. The Balaban J connectivity index is 1.76. The minimum absolute atomic E-state index is 0.0832. The first kappa shape index (κ1) is 20.8. The molecule has 1 heterocycles. The fourth-order valence-electron chi connectivity index (χ4n) is 3.34. The molecule has 1 N–H and O–H groups in total. The second-order valence-corrected chi connectivity index (χ2v) is 6.75. The highest BCUT2D eigenvalue weighted by molar-refractivity contribution is 5.96. The van der Waals surface area contributed by atoms with E-state index in [1.54, 1.807) is 24.1 Å². The Morgan fingerprint density at radius 3 is 2.90 bits per heavy atom. The molecule has 1 amide bonds. The predicted octanol–water partition coefficient (Wildman–Crippen LogP) is 2.31. The summed E-state index contributed by atoms with van der Waals surface area (Å²) in [6.07, 6.45) is 1.20. The lowest BCUT2D eigenvalue weighted by molar-refractivity contribution is -0.0151. The lowest BCUT2D eigenvalue weighted by atomic mass is 10.0. The molecule has 2 aromatic carbocycles. The minimum atomic E-state index is -0.311. The fourth-order valence-corrected chi connectivity index (χ4v) is 3.34. The summed E-state index contributed by atoms with van der Waals surface area (Å²) in [4.78, 5) is 26.3. The zero-order chi connectivity index (χ0) is 20.6. The lowest BCUT2D eigenvalue weighted by Crippen LogP contribution is -2.51. The molecular weight excluding hydrogens is 374 g/mol. The molecule has 2 aromatic rings. The van der Waals surface area contributed by atoms with Crippen LogP contribution in [0.1, 0.15) is 26.3 Å². The normalized spacial score (nSPS) is 16.4. The zero-order valence-electron chi connectivity index (χ0n) is 16.4. The molecule has 1 saturated heterocycles. The number of aromatic hydroxyl groups is 1. The second kappa shape index (κ2) is 10.0. The van der Waals surface area contributed by atoms with Crippen molar-refractivity contribution in [1.82, 2.24) is 4.90 Å². The molecule has 3 rings (SSSR count). The van der Waals surface area contributed by atoms with E-state index >= 15 is 0 Å². The molecule has 0 aliphatic carbocycles. The monoisotopic (exact) mass is 399 g/mol. The van der Waals surface area contributed by atoms with Gasteiger partial charge < -0.3 is 24.2 Å². The average molecular weight is 399 g/mol. The zero-order valence-corrected chi connectivity index (χ0v) is 16.4. The smallest absolute Gasteiger partial charge is 0.254 e. The topological polar surface area (TPSA) is 85.3 Å². The van der Waals surface area contributed by atoms with Gasteiger partial charge in [0.2, 0.25) is 0 Å². The van der Waals surface area contributed by atoms with E-state index in [0.29, 0.717) is 44.6 Å². The van der Waals surface area contributed by atoms with Crippen LogP contribution in [-0.4, -0.2) is 68.3 Å². The Morgan fingerprint density at radius 1 is 1.28 bits per heavy atom. The molecule has 154 valence electrons. The standard InChI is InChI=1S/C22H25NO6/c1-27-11-9-16-5-2-3-6-18(16)22(26)23-10-12-28-14-17(23)15-29-21-8-4-7-20(25)19(21)13-24/h2-8,13,17,25H,9-12,14-15H2,1H3/t17-/m0/s1. The van der Waals surface area contributed by atoms with Gasteiger partial charge in [-0.05, 0) is 30.2 Å². The van der Waals surface area contributed by atoms with Crippen molar-refractivity contribution in [1.29, 1.82) is 0 Å². The van der Waals surface area contributed by atoms with E-state index in [9.17, 15) is 14.7 Å². The molecule has 0 spiro atoms. The van der Waals surface area contributed by atoms with E-state index in [1.165, 1.54) is 6.07 Å². The number of methoxy groups -OCH3 is 1. The third kappa shape index (κ3) is 4.93. The molecular formula is C22H25NO6. The van der Waals surface area contributed by atoms with Gasteiger partial charge in [-0.3, -0.25) is 9.59 Å². The Bertz CT molecular complexity index is 853. The summed E-state index contributed by atoms with van der Waals surface area (Å²) < 4.78 is 16.5. The molecule has 29 heavy (non-hydrogen) atoms. The summed E-state index contributed by atoms with van der Waals surface area (Å²) >= 11 is 0. The van der Waals surface area contributed by atoms with Crippen LogP contribution in [0.5, 0.6) is 11.5 Å². The number of carbonyl (C=O) groups excluding carboxylic acids is 2. The Labute approximate surface area is 169 Å². The minimum Gasteiger partial charge on any atom is -0.507 e. The summed E-state index contributed by atoms with van der Waals surface area (Å²) in [5, 5.41) is 9.81. The molecule has 0 bridgehead atoms. The summed E-state index contributed by atoms with van der Waals surface area (Å²) in [5.74, 6) is 0.0518. The average Bonchev–Trinajstić information content (AvgIpc) is 2.76. The van der Waals surface area contributed by atoms with Gasteiger partial charge in [-0.1, -0.05) is 24.3 Å². The molecule has 1 fully saturated rings. The van der Waals surface area contributed by atoms with Gasteiger partial charge in [0.25, 0.3) is 5.91 Å². The number of rotatable bonds is 8. The number of carbonyl (C=O) groups is 2. The first-order chi connectivity index (χ1) is 14.2. The van der Waals surface area contributed by atoms with Crippen molar-refractivity contribution < 1.29 is 28.9 Å². The number of morpholine rings is 1. The number of ether oxygens (including phenoxy) is 3. The van der Waals surface area contributed by atoms with Gasteiger partial charge in [0.05, 0.1) is 31.4 Å². The van der Waals surface area contributed by atoms with Gasteiger partial charge in [-0.15, -0.1) is 0 Å². The van der Waals surface area contributed by atoms with Crippen molar-refractivity contribution in [3.63, 3.8) is 0 Å². The van der Waals surface area contributed by atoms with Crippen LogP contribution in [0.3, 0.4) is 0 Å². The third-order valence-corrected chi connectivity index (χ3v) is 4.90. The summed E-state index contributed by atoms with van der Waals surface area (Å²) in [7, 11) is 1.63. The quantitative estimate of drug-likeness (QED) is 0.686. The van der Waals surface area contributed by atoms with Crippen molar-refractivity contribution in [2.75, 3.05) is 40.1 Å². The van der Waals surface area contributed by atoms with Crippen LogP contribution in [0.15, 0.2) is 42.5 Å². The predicted molar refractivity (Wildman–Crippen MR) is 107 cm³/mol. The van der Waals surface area contributed by atoms with Gasteiger partial charge >= 0.3 is 0 Å². The number of benzene rings is 2. The van der Waals surface area contributed by atoms with Crippen LogP contribution in [0, 0.1) is 0 Å². The van der Waals surface area contributed by atoms with Crippen molar-refractivity contribution in [2.45, 2.75) is 12.5 Å². The van der Waals surface area contributed by atoms with E-state index in [2.05, 4.69) is 0 Å². The fraction of sp³-hybridized carbons (Fsp3) is 0.364. The molecule has 1 aliphatic heterocycles. The summed E-state index contributed by atoms with van der Waals surface area (Å²) in [5.41, 5.74) is 1.66. The van der Waals surface area contributed by atoms with Gasteiger partial charge in [0.1, 0.15) is 18.1 Å². The lowest BCUT2D eigenvalue weighted by Gasteiger charge is -2.36. The van der Waals surface area contributed by atoms with E-state index in [1.807, 2.05) is 24.3 Å². The van der Waals surface area contributed by atoms with Gasteiger partial charge in [0.15, 0.2) is 6.29 Å². The first-order valence-electron chi connectivity index (χ1n) is 9.51. The van der Waals surface area contributed by atoms with Crippen molar-refractivity contribution in [3.05, 3.63) is 59.2 Å². The molecule has 7 nitrogen and oxygen atoms in total. The Hall–Kier alpha value is -2.90. The van der Waals surface area contributed by atoms with Crippen LogP contribution < -0.4 is 4.74 Å². The summed E-state index contributed by atoms with van der Waals surface area (Å²) in [6.45, 7) is 1.92. The molecule has 0 unspecified atom stereocenters. The maximum absolute atomic E-state index is 13.3. The van der Waals surface area contributed by atoms with E-state index in [-0.39, 0.29) is 35.6 Å². The van der Waals surface area contributed by atoms with Gasteiger partial charge in [-0.25, -0.2) is 0 Å². The molecule has 0 aromatic heterocycles. The summed E-state index contributed by atoms with van der Waals surface area (Å²) in [6, 6.07) is 11.8. The number of hydrogen-bond acceptors (Lipinski definition) is 6. The highest BCUT2D eigenvalue weighted by Crippen LogP contribution is 2.26. The number of phenolic OH excluding ortho intramolecular Hbond substituents is 1. The Kier molecular flexibility index (Phi) is 7.21. The van der Waals surface area contributed by atoms with Crippen LogP contribution in [0.2, 0.25) is 0 Å². The second-order valence-electron chi connectivity index (χ2n) is 6.75. The van der Waals surface area contributed by atoms with E-state index in [0.717, 1.165) is 5.56 Å². The number of amides is 1. The highest BCUT2D eigenvalue weighted by atomic mass is 16.5. The van der Waals surface area contributed by atoms with Crippen LogP contribution in [0.25, 0.3) is 0 Å². The third-order valence-electron chi connectivity index (χ3n) is 4.90. The number of phenols is 1. The molecule has 1 atom stereocenters. The van der Waals surface area contributed by atoms with Crippen LogP contribution >= 0.6 is 0 Å². The Morgan fingerprint density at radius 2 is 2.10 bits per heavy atom. The molecule has 0 radical (unpaired) electrons. The SMILES string of the molecule is COCCc1ccccc1C(=O)N1CCOC[C@H]1COc1cccc(O)c1C=O. The number of nitrogens with zero attached hydrogens (tertiary/aromatic N) is 1. The highest BCUT2D eigenvalue weighted by Gasteiger charge is 2.30. The maximum Gasteiger partial charge on any atom is 0.254 e. The molecule has 1 aliphatic rings. The van der Waals surface area contributed by atoms with Crippen molar-refractivity contribution in [2.24, 2.45) is 0 Å². The van der Waals surface area contributed by atoms with E-state index in [4.69, 9.17) is 14.2 Å². The van der Waals surface area contributed by atoms with E-state index < -0.39 is 0 Å². The maximum atomic E-state index is 13.3. The van der Waals surface area contributed by atoms with Gasteiger partial charge in [0, 0.05) is 19.2 Å². The van der Waals surface area contributed by atoms with Crippen molar-refractivity contribution >= 4 is 12.2 Å². The number of hydrogen-bond donors (Lipinski definition) is 1. The first-order valence-corrected chi connectivity index (χ1v) is 9.51. The molecule has 7 heteroatoms. The van der Waals surface area contributed by atoms with Crippen molar-refractivity contribution in [3.8, 4) is 11.5 Å². The largest absolute Gasteiger partial charge is 0.507 e. The number of aldehydes is 1.